The fourth-order valence-electron chi connectivity index (χ4n) is 4.79. The van der Waals surface area contributed by atoms with Gasteiger partial charge in [0.1, 0.15) is 0 Å². The average Bonchev–Trinajstić information content (AvgIpc) is 2.77. The molecule has 0 saturated carbocycles. The first-order valence-corrected chi connectivity index (χ1v) is 11.5. The van der Waals surface area contributed by atoms with E-state index in [-0.39, 0.29) is 4.90 Å². The summed E-state index contributed by atoms with van der Waals surface area (Å²) in [6.45, 7) is 4.43. The highest BCUT2D eigenvalue weighted by Gasteiger charge is 2.51. The van der Waals surface area contributed by atoms with E-state index in [1.165, 1.54) is 33.4 Å². The standard InChI is InChI=1S/C28H28P2/c1-21-13-9-11-19-25(21)27(23-15-5-3-6-16-23,24-17-7-4-8-18-24)28(29,30)26-20-12-10-14-22(26)2/h3-20H,29-30H2,1-2H3. The van der Waals surface area contributed by atoms with Crippen LogP contribution < -0.4 is 0 Å². The van der Waals surface area contributed by atoms with Crippen molar-refractivity contribution in [3.63, 3.8) is 0 Å². The van der Waals surface area contributed by atoms with E-state index in [0.717, 1.165) is 0 Å². The molecule has 0 saturated heterocycles. The summed E-state index contributed by atoms with van der Waals surface area (Å²) in [5.41, 5.74) is 7.33. The Labute approximate surface area is 185 Å². The molecule has 2 unspecified atom stereocenters. The summed E-state index contributed by atoms with van der Waals surface area (Å²) in [4.78, 5) is -0.368. The van der Waals surface area contributed by atoms with Gasteiger partial charge in [0.15, 0.2) is 0 Å². The first kappa shape index (κ1) is 21.0. The van der Waals surface area contributed by atoms with E-state index in [9.17, 15) is 0 Å². The van der Waals surface area contributed by atoms with Crippen molar-refractivity contribution in [2.75, 3.05) is 0 Å². The Kier molecular flexibility index (Phi) is 5.92. The molecule has 4 rings (SSSR count). The van der Waals surface area contributed by atoms with E-state index in [1.54, 1.807) is 0 Å². The van der Waals surface area contributed by atoms with Crippen LogP contribution in [0.3, 0.4) is 0 Å². The molecule has 0 nitrogen and oxygen atoms in total. The summed E-state index contributed by atoms with van der Waals surface area (Å²) in [6, 6.07) is 39.4. The van der Waals surface area contributed by atoms with Crippen LogP contribution in [-0.4, -0.2) is 0 Å². The highest BCUT2D eigenvalue weighted by molar-refractivity contribution is 7.39. The van der Waals surface area contributed by atoms with Crippen LogP contribution in [0.4, 0.5) is 0 Å². The predicted octanol–water partition coefficient (Wildman–Crippen LogP) is 7.24. The monoisotopic (exact) mass is 426 g/mol. The van der Waals surface area contributed by atoms with Gasteiger partial charge in [0, 0.05) is 4.90 Å². The summed E-state index contributed by atoms with van der Waals surface area (Å²) in [5.74, 6) is 0. The summed E-state index contributed by atoms with van der Waals surface area (Å²) >= 11 is 0. The molecule has 2 heteroatoms. The van der Waals surface area contributed by atoms with E-state index >= 15 is 0 Å². The first-order chi connectivity index (χ1) is 14.5. The fraction of sp³-hybridized carbons (Fsp3) is 0.143. The van der Waals surface area contributed by atoms with Gasteiger partial charge in [0.2, 0.25) is 0 Å². The third-order valence-electron chi connectivity index (χ3n) is 6.17. The maximum atomic E-state index is 3.21. The summed E-state index contributed by atoms with van der Waals surface area (Å²) in [7, 11) is 6.43. The van der Waals surface area contributed by atoms with Gasteiger partial charge in [-0.2, -0.15) is 0 Å². The Morgan fingerprint density at radius 2 is 0.833 bits per heavy atom. The minimum Gasteiger partial charge on any atom is -0.121 e. The van der Waals surface area contributed by atoms with Gasteiger partial charge < -0.3 is 0 Å². The van der Waals surface area contributed by atoms with Crippen LogP contribution in [-0.2, 0) is 10.3 Å². The van der Waals surface area contributed by atoms with Gasteiger partial charge in [-0.1, -0.05) is 109 Å². The van der Waals surface area contributed by atoms with Crippen molar-refractivity contribution in [2.24, 2.45) is 0 Å². The van der Waals surface area contributed by atoms with Crippen molar-refractivity contribution in [3.05, 3.63) is 143 Å². The second kappa shape index (κ2) is 8.47. The van der Waals surface area contributed by atoms with Crippen LogP contribution >= 0.6 is 18.5 Å². The highest BCUT2D eigenvalue weighted by Crippen LogP contribution is 2.61. The first-order valence-electron chi connectivity index (χ1n) is 10.3. The number of rotatable bonds is 5. The van der Waals surface area contributed by atoms with Crippen molar-refractivity contribution < 1.29 is 0 Å². The fourth-order valence-corrected chi connectivity index (χ4v) is 6.41. The maximum Gasteiger partial charge on any atom is 0.0618 e. The number of hydrogen-bond acceptors (Lipinski definition) is 0. The zero-order valence-corrected chi connectivity index (χ0v) is 19.9. The van der Waals surface area contributed by atoms with Gasteiger partial charge >= 0.3 is 0 Å². The summed E-state index contributed by atoms with van der Waals surface area (Å²) in [6.07, 6.45) is 0. The molecule has 30 heavy (non-hydrogen) atoms. The topological polar surface area (TPSA) is 0 Å². The smallest absolute Gasteiger partial charge is 0.0618 e. The molecule has 0 N–H and O–H groups in total. The largest absolute Gasteiger partial charge is 0.121 e. The van der Waals surface area contributed by atoms with Gasteiger partial charge in [-0.3, -0.25) is 0 Å². The number of hydrogen-bond donors (Lipinski definition) is 0. The highest BCUT2D eigenvalue weighted by atomic mass is 31.1. The SMILES string of the molecule is Cc1ccccc1C(P)(P)C(c1ccccc1)(c1ccccc1)c1ccccc1C. The molecule has 0 spiro atoms. The molecule has 4 aromatic rings. The minimum absolute atomic E-state index is 0.368. The van der Waals surface area contributed by atoms with Crippen LogP contribution in [0.5, 0.6) is 0 Å². The van der Waals surface area contributed by atoms with Gasteiger partial charge in [-0.05, 0) is 47.2 Å². The third kappa shape index (κ3) is 3.33. The molecule has 150 valence electrons. The second-order valence-corrected chi connectivity index (χ2v) is 10.5. The predicted molar refractivity (Wildman–Crippen MR) is 136 cm³/mol. The van der Waals surface area contributed by atoms with Gasteiger partial charge in [0.05, 0.1) is 5.41 Å². The molecule has 0 fully saturated rings. The van der Waals surface area contributed by atoms with Crippen molar-refractivity contribution in [3.8, 4) is 0 Å². The van der Waals surface area contributed by atoms with Crippen LogP contribution in [0.15, 0.2) is 109 Å². The van der Waals surface area contributed by atoms with E-state index in [2.05, 4.69) is 142 Å². The molecular weight excluding hydrogens is 398 g/mol. The van der Waals surface area contributed by atoms with E-state index < -0.39 is 5.41 Å². The molecule has 4 aromatic carbocycles. The van der Waals surface area contributed by atoms with Gasteiger partial charge in [-0.25, -0.2) is 0 Å². The Balaban J connectivity index is 2.20. The van der Waals surface area contributed by atoms with Crippen molar-refractivity contribution >= 4 is 18.5 Å². The molecule has 2 atom stereocenters. The van der Waals surface area contributed by atoms with Crippen LogP contribution in [0, 0.1) is 13.8 Å². The van der Waals surface area contributed by atoms with Gasteiger partial charge in [-0.15, -0.1) is 18.5 Å². The Hall–Kier alpha value is -2.26. The summed E-state index contributed by atoms with van der Waals surface area (Å²) in [5, 5.41) is 0. The van der Waals surface area contributed by atoms with E-state index in [0.29, 0.717) is 0 Å². The van der Waals surface area contributed by atoms with Crippen molar-refractivity contribution in [2.45, 2.75) is 24.2 Å². The molecule has 0 aliphatic carbocycles. The lowest BCUT2D eigenvalue weighted by Gasteiger charge is -2.49. The second-order valence-electron chi connectivity index (χ2n) is 7.98. The number of aryl methyl sites for hydroxylation is 2. The van der Waals surface area contributed by atoms with Crippen LogP contribution in [0.1, 0.15) is 33.4 Å². The zero-order chi connectivity index (χ0) is 21.2. The molecule has 0 bridgehead atoms. The van der Waals surface area contributed by atoms with Crippen LogP contribution in [0.25, 0.3) is 0 Å². The van der Waals surface area contributed by atoms with Gasteiger partial charge in [0.25, 0.3) is 0 Å². The number of benzene rings is 4. The normalized spacial score (nSPS) is 12.0. The molecule has 0 amide bonds. The lowest BCUT2D eigenvalue weighted by atomic mass is 9.63. The van der Waals surface area contributed by atoms with Crippen LogP contribution in [0.2, 0.25) is 0 Å². The quantitative estimate of drug-likeness (QED) is 0.233. The Bertz CT molecular complexity index is 1090. The molecule has 0 aliphatic rings. The van der Waals surface area contributed by atoms with Crippen molar-refractivity contribution in [1.29, 1.82) is 0 Å². The molecule has 0 heterocycles. The van der Waals surface area contributed by atoms with Crippen molar-refractivity contribution in [1.82, 2.24) is 0 Å². The molecule has 0 aromatic heterocycles. The van der Waals surface area contributed by atoms with E-state index in [1.807, 2.05) is 0 Å². The lowest BCUT2D eigenvalue weighted by Crippen LogP contribution is -2.44. The Morgan fingerprint density at radius 1 is 0.467 bits per heavy atom. The Morgan fingerprint density at radius 3 is 1.27 bits per heavy atom. The molecular formula is C28H28P2. The van der Waals surface area contributed by atoms with E-state index in [4.69, 9.17) is 0 Å². The average molecular weight is 426 g/mol. The lowest BCUT2D eigenvalue weighted by molar-refractivity contribution is 0.555. The maximum absolute atomic E-state index is 3.21. The molecule has 0 radical (unpaired) electrons. The molecule has 0 aliphatic heterocycles. The minimum atomic E-state index is -0.414. The zero-order valence-electron chi connectivity index (χ0n) is 17.5. The third-order valence-corrected chi connectivity index (χ3v) is 7.66. The summed E-state index contributed by atoms with van der Waals surface area (Å²) < 4.78 is 0.